The third-order valence-electron chi connectivity index (χ3n) is 3.66. The molecule has 0 amide bonds. The molecule has 0 aliphatic heterocycles. The predicted molar refractivity (Wildman–Crippen MR) is 91.1 cm³/mol. The summed E-state index contributed by atoms with van der Waals surface area (Å²) in [5.41, 5.74) is 2.49. The van der Waals surface area contributed by atoms with E-state index in [1.54, 1.807) is 29.3 Å². The lowest BCUT2D eigenvalue weighted by atomic mass is 10.2. The molecule has 0 bridgehead atoms. The zero-order valence-electron chi connectivity index (χ0n) is 13.3. The molecular weight excluding hydrogens is 318 g/mol. The number of pyridine rings is 1. The van der Waals surface area contributed by atoms with Gasteiger partial charge in [-0.3, -0.25) is 9.78 Å². The number of aryl methyl sites for hydroxylation is 1. The van der Waals surface area contributed by atoms with E-state index in [1.165, 1.54) is 6.07 Å². The Labute approximate surface area is 142 Å². The lowest BCUT2D eigenvalue weighted by Gasteiger charge is -2.05. The SMILES string of the molecule is Cc1ccc(-n2ccc(=O)c(-c3nc(-c4cccnc4)no3)n2)cc1. The normalized spacial score (nSPS) is 10.8. The lowest BCUT2D eigenvalue weighted by Crippen LogP contribution is -2.12. The van der Waals surface area contributed by atoms with Crippen LogP contribution in [0.4, 0.5) is 0 Å². The minimum Gasteiger partial charge on any atom is -0.332 e. The first kappa shape index (κ1) is 14.9. The van der Waals surface area contributed by atoms with E-state index in [4.69, 9.17) is 4.52 Å². The molecule has 0 saturated carbocycles. The Hall–Kier alpha value is -3.61. The van der Waals surface area contributed by atoms with Crippen LogP contribution in [0.1, 0.15) is 5.56 Å². The minimum absolute atomic E-state index is 0.0744. The van der Waals surface area contributed by atoms with Crippen LogP contribution in [0.3, 0.4) is 0 Å². The van der Waals surface area contributed by atoms with Gasteiger partial charge in [0.15, 0.2) is 5.69 Å². The van der Waals surface area contributed by atoms with Crippen LogP contribution in [0.2, 0.25) is 0 Å². The van der Waals surface area contributed by atoms with Crippen LogP contribution in [-0.4, -0.2) is 24.9 Å². The summed E-state index contributed by atoms with van der Waals surface area (Å²) in [6, 6.07) is 12.8. The Balaban J connectivity index is 1.76. The Morgan fingerprint density at radius 1 is 1.08 bits per heavy atom. The maximum Gasteiger partial charge on any atom is 0.282 e. The summed E-state index contributed by atoms with van der Waals surface area (Å²) in [4.78, 5) is 20.5. The van der Waals surface area contributed by atoms with Crippen molar-refractivity contribution in [2.75, 3.05) is 0 Å². The van der Waals surface area contributed by atoms with Crippen LogP contribution in [0.15, 0.2) is 70.4 Å². The van der Waals surface area contributed by atoms with Gasteiger partial charge in [0.2, 0.25) is 11.3 Å². The van der Waals surface area contributed by atoms with E-state index in [2.05, 4.69) is 20.2 Å². The van der Waals surface area contributed by atoms with Crippen LogP contribution in [0.5, 0.6) is 0 Å². The minimum atomic E-state index is -0.287. The molecule has 122 valence electrons. The molecule has 0 atom stereocenters. The van der Waals surface area contributed by atoms with E-state index in [0.29, 0.717) is 11.4 Å². The molecule has 25 heavy (non-hydrogen) atoms. The summed E-state index contributed by atoms with van der Waals surface area (Å²) in [7, 11) is 0. The van der Waals surface area contributed by atoms with E-state index in [9.17, 15) is 4.79 Å². The number of hydrogen-bond donors (Lipinski definition) is 0. The quantitative estimate of drug-likeness (QED) is 0.573. The van der Waals surface area contributed by atoms with Gasteiger partial charge >= 0.3 is 0 Å². The van der Waals surface area contributed by atoms with Gasteiger partial charge in [0.1, 0.15) is 0 Å². The zero-order chi connectivity index (χ0) is 17.2. The lowest BCUT2D eigenvalue weighted by molar-refractivity contribution is 0.429. The monoisotopic (exact) mass is 331 g/mol. The summed E-state index contributed by atoms with van der Waals surface area (Å²) in [6.07, 6.45) is 4.88. The summed E-state index contributed by atoms with van der Waals surface area (Å²) in [5.74, 6) is 0.431. The van der Waals surface area contributed by atoms with Crippen molar-refractivity contribution in [2.24, 2.45) is 0 Å². The number of aromatic nitrogens is 5. The first-order valence-electron chi connectivity index (χ1n) is 7.62. The fourth-order valence-electron chi connectivity index (χ4n) is 2.33. The van der Waals surface area contributed by atoms with Crippen molar-refractivity contribution in [2.45, 2.75) is 6.92 Å². The second-order valence-corrected chi connectivity index (χ2v) is 5.47. The van der Waals surface area contributed by atoms with Gasteiger partial charge in [-0.05, 0) is 31.2 Å². The third kappa shape index (κ3) is 2.94. The van der Waals surface area contributed by atoms with E-state index in [0.717, 1.165) is 11.3 Å². The molecule has 0 spiro atoms. The first-order valence-corrected chi connectivity index (χ1v) is 7.62. The van der Waals surface area contributed by atoms with Crippen molar-refractivity contribution < 1.29 is 4.52 Å². The van der Waals surface area contributed by atoms with E-state index in [1.807, 2.05) is 37.3 Å². The summed E-state index contributed by atoms with van der Waals surface area (Å²) >= 11 is 0. The van der Waals surface area contributed by atoms with Crippen molar-refractivity contribution in [3.05, 3.63) is 76.8 Å². The largest absolute Gasteiger partial charge is 0.332 e. The zero-order valence-corrected chi connectivity index (χ0v) is 13.3. The highest BCUT2D eigenvalue weighted by atomic mass is 16.5. The smallest absolute Gasteiger partial charge is 0.282 e. The summed E-state index contributed by atoms with van der Waals surface area (Å²) < 4.78 is 6.83. The average molecular weight is 331 g/mol. The van der Waals surface area contributed by atoms with Gasteiger partial charge in [-0.25, -0.2) is 4.68 Å². The molecule has 4 rings (SSSR count). The molecule has 0 aliphatic carbocycles. The van der Waals surface area contributed by atoms with Crippen molar-refractivity contribution in [1.82, 2.24) is 24.9 Å². The Bertz CT molecular complexity index is 1070. The number of nitrogens with zero attached hydrogens (tertiary/aromatic N) is 5. The topological polar surface area (TPSA) is 86.7 Å². The molecule has 0 N–H and O–H groups in total. The van der Waals surface area contributed by atoms with Crippen LogP contribution in [0.25, 0.3) is 28.7 Å². The first-order chi connectivity index (χ1) is 12.2. The highest BCUT2D eigenvalue weighted by Crippen LogP contribution is 2.18. The molecule has 0 fully saturated rings. The fraction of sp³-hybridized carbons (Fsp3) is 0.0556. The molecule has 0 unspecified atom stereocenters. The van der Waals surface area contributed by atoms with Crippen molar-refractivity contribution in [1.29, 1.82) is 0 Å². The predicted octanol–water partition coefficient (Wildman–Crippen LogP) is 2.65. The fourth-order valence-corrected chi connectivity index (χ4v) is 2.33. The maximum absolute atomic E-state index is 12.2. The number of benzene rings is 1. The van der Waals surface area contributed by atoms with Gasteiger partial charge < -0.3 is 4.52 Å². The van der Waals surface area contributed by atoms with Gasteiger partial charge in [-0.1, -0.05) is 22.9 Å². The molecule has 7 heteroatoms. The summed E-state index contributed by atoms with van der Waals surface area (Å²) in [6.45, 7) is 2.01. The highest BCUT2D eigenvalue weighted by Gasteiger charge is 2.16. The molecule has 3 aromatic heterocycles. The van der Waals surface area contributed by atoms with Crippen LogP contribution >= 0.6 is 0 Å². The van der Waals surface area contributed by atoms with Gasteiger partial charge in [0, 0.05) is 30.2 Å². The van der Waals surface area contributed by atoms with Crippen molar-refractivity contribution >= 4 is 0 Å². The van der Waals surface area contributed by atoms with Crippen molar-refractivity contribution in [3.8, 4) is 28.7 Å². The molecule has 4 aromatic rings. The van der Waals surface area contributed by atoms with Gasteiger partial charge in [-0.2, -0.15) is 10.1 Å². The summed E-state index contributed by atoms with van der Waals surface area (Å²) in [5, 5.41) is 8.25. The molecule has 7 nitrogen and oxygen atoms in total. The van der Waals surface area contributed by atoms with Gasteiger partial charge in [0.05, 0.1) is 5.69 Å². The Morgan fingerprint density at radius 2 is 1.92 bits per heavy atom. The van der Waals surface area contributed by atoms with Crippen LogP contribution in [0, 0.1) is 6.92 Å². The van der Waals surface area contributed by atoms with E-state index in [-0.39, 0.29) is 17.0 Å². The van der Waals surface area contributed by atoms with Crippen molar-refractivity contribution in [3.63, 3.8) is 0 Å². The number of rotatable bonds is 3. The maximum atomic E-state index is 12.2. The molecular formula is C18H13N5O2. The van der Waals surface area contributed by atoms with E-state index >= 15 is 0 Å². The molecule has 0 radical (unpaired) electrons. The van der Waals surface area contributed by atoms with E-state index < -0.39 is 0 Å². The van der Waals surface area contributed by atoms with Gasteiger partial charge in [-0.15, -0.1) is 0 Å². The molecule has 0 aliphatic rings. The van der Waals surface area contributed by atoms with Crippen LogP contribution in [-0.2, 0) is 0 Å². The third-order valence-corrected chi connectivity index (χ3v) is 3.66. The standard InChI is InChI=1S/C18H13N5O2/c1-12-4-6-14(7-5-12)23-10-8-15(24)16(21-23)18-20-17(22-25-18)13-3-2-9-19-11-13/h2-11H,1H3. The highest BCUT2D eigenvalue weighted by molar-refractivity contribution is 5.56. The van der Waals surface area contributed by atoms with Gasteiger partial charge in [0.25, 0.3) is 5.89 Å². The Morgan fingerprint density at radius 3 is 2.68 bits per heavy atom. The van der Waals surface area contributed by atoms with Crippen LogP contribution < -0.4 is 5.43 Å². The average Bonchev–Trinajstić information content (AvgIpc) is 3.14. The molecule has 0 saturated heterocycles. The molecule has 3 heterocycles. The number of hydrogen-bond acceptors (Lipinski definition) is 6. The second kappa shape index (κ2) is 6.12. The second-order valence-electron chi connectivity index (χ2n) is 5.47. The Kier molecular flexibility index (Phi) is 3.66. The molecule has 1 aromatic carbocycles.